The van der Waals surface area contributed by atoms with E-state index >= 15 is 0 Å². The molecule has 1 N–H and O–H groups in total. The van der Waals surface area contributed by atoms with Crippen molar-refractivity contribution in [2.45, 2.75) is 45.5 Å². The summed E-state index contributed by atoms with van der Waals surface area (Å²) in [4.78, 5) is 4.48. The van der Waals surface area contributed by atoms with Crippen LogP contribution in [0.4, 0.5) is 0 Å². The van der Waals surface area contributed by atoms with E-state index in [9.17, 15) is 0 Å². The zero-order valence-corrected chi connectivity index (χ0v) is 17.9. The third-order valence-corrected chi connectivity index (χ3v) is 9.97. The lowest BCUT2D eigenvalue weighted by Gasteiger charge is -2.36. The van der Waals surface area contributed by atoms with Gasteiger partial charge >= 0.3 is 0 Å². The Balaban J connectivity index is 1.86. The monoisotopic (exact) mass is 417 g/mol. The summed E-state index contributed by atoms with van der Waals surface area (Å²) in [6.07, 6.45) is 1.83. The van der Waals surface area contributed by atoms with Gasteiger partial charge in [-0.1, -0.05) is 36.7 Å². The number of nitrogens with zero attached hydrogens (tertiary/aromatic N) is 2. The van der Waals surface area contributed by atoms with Gasteiger partial charge in [0.25, 0.3) is 0 Å². The number of nitrogens with one attached hydrogen (secondary N) is 1. The smallest absolute Gasteiger partial charge is 0.192 e. The lowest BCUT2D eigenvalue weighted by Crippen LogP contribution is -2.40. The van der Waals surface area contributed by atoms with Gasteiger partial charge in [0.05, 0.1) is 17.8 Å². The topological polar surface area (TPSA) is 50.8 Å². The number of fused-ring (bicyclic) bond motifs is 1. The van der Waals surface area contributed by atoms with E-state index in [4.69, 9.17) is 4.43 Å². The van der Waals surface area contributed by atoms with E-state index in [-0.39, 0.29) is 5.04 Å². The Morgan fingerprint density at radius 3 is 2.64 bits per heavy atom. The van der Waals surface area contributed by atoms with Crippen LogP contribution in [0.25, 0.3) is 22.2 Å². The van der Waals surface area contributed by atoms with Gasteiger partial charge in [-0.2, -0.15) is 5.10 Å². The highest BCUT2D eigenvalue weighted by molar-refractivity contribution is 9.10. The fraction of sp³-hybridized carbons (Fsp3) is 0.368. The minimum Gasteiger partial charge on any atom is -0.411 e. The van der Waals surface area contributed by atoms with Crippen LogP contribution in [-0.2, 0) is 11.0 Å². The van der Waals surface area contributed by atoms with Crippen LogP contribution in [0.15, 0.2) is 41.0 Å². The van der Waals surface area contributed by atoms with Crippen LogP contribution >= 0.6 is 15.9 Å². The van der Waals surface area contributed by atoms with Gasteiger partial charge < -0.3 is 4.43 Å². The van der Waals surface area contributed by atoms with Crippen molar-refractivity contribution in [3.8, 4) is 11.3 Å². The quantitative estimate of drug-likeness (QED) is 0.536. The Morgan fingerprint density at radius 1 is 1.16 bits per heavy atom. The molecule has 0 unspecified atom stereocenters. The third kappa shape index (κ3) is 3.86. The maximum Gasteiger partial charge on any atom is 0.192 e. The molecule has 1 aromatic carbocycles. The van der Waals surface area contributed by atoms with Crippen molar-refractivity contribution in [2.24, 2.45) is 0 Å². The van der Waals surface area contributed by atoms with Crippen LogP contribution in [0.1, 0.15) is 26.5 Å². The lowest BCUT2D eigenvalue weighted by atomic mass is 10.1. The maximum atomic E-state index is 6.30. The summed E-state index contributed by atoms with van der Waals surface area (Å²) < 4.78 is 7.33. The first-order valence-corrected chi connectivity index (χ1v) is 12.1. The van der Waals surface area contributed by atoms with Crippen molar-refractivity contribution in [2.75, 3.05) is 0 Å². The standard InChI is InChI=1S/C19H24BrN3OSi/c1-19(2,3)25(4,5)24-12-15-10-13(8-9-21-15)18-16-7-6-14(20)11-17(16)22-23-18/h6-11H,12H2,1-5H3,(H,22,23). The van der Waals surface area contributed by atoms with E-state index < -0.39 is 8.32 Å². The zero-order chi connectivity index (χ0) is 18.2. The van der Waals surface area contributed by atoms with Crippen LogP contribution in [-0.4, -0.2) is 23.5 Å². The average molecular weight is 418 g/mol. The third-order valence-electron chi connectivity index (χ3n) is 5.00. The zero-order valence-electron chi connectivity index (χ0n) is 15.4. The molecule has 3 aromatic rings. The highest BCUT2D eigenvalue weighted by Crippen LogP contribution is 2.37. The second-order valence-corrected chi connectivity index (χ2v) is 13.6. The first kappa shape index (κ1) is 18.3. The molecule has 0 aliphatic carbocycles. The van der Waals surface area contributed by atoms with Crippen molar-refractivity contribution in [3.05, 3.63) is 46.7 Å². The molecular formula is C19H24BrN3OSi. The van der Waals surface area contributed by atoms with Crippen LogP contribution < -0.4 is 0 Å². The summed E-state index contributed by atoms with van der Waals surface area (Å²) in [7, 11) is -1.79. The molecule has 3 rings (SSSR count). The normalized spacial score (nSPS) is 12.7. The number of hydrogen-bond acceptors (Lipinski definition) is 3. The van der Waals surface area contributed by atoms with E-state index in [1.807, 2.05) is 24.4 Å². The number of hydrogen-bond donors (Lipinski definition) is 1. The lowest BCUT2D eigenvalue weighted by molar-refractivity contribution is 0.272. The molecule has 0 spiro atoms. The molecule has 0 aliphatic heterocycles. The summed E-state index contributed by atoms with van der Waals surface area (Å²) in [5.41, 5.74) is 3.95. The molecule has 2 aromatic heterocycles. The molecular weight excluding hydrogens is 394 g/mol. The Morgan fingerprint density at radius 2 is 1.92 bits per heavy atom. The molecule has 25 heavy (non-hydrogen) atoms. The number of H-pyrrole nitrogens is 1. The van der Waals surface area contributed by atoms with Gasteiger partial charge in [-0.25, -0.2) is 0 Å². The summed E-state index contributed by atoms with van der Waals surface area (Å²) >= 11 is 3.49. The predicted octanol–water partition coefficient (Wildman–Crippen LogP) is 5.91. The van der Waals surface area contributed by atoms with Crippen LogP contribution in [0.3, 0.4) is 0 Å². The Bertz CT molecular complexity index is 899. The molecule has 0 aliphatic rings. The molecule has 0 saturated heterocycles. The predicted molar refractivity (Wildman–Crippen MR) is 109 cm³/mol. The van der Waals surface area contributed by atoms with Gasteiger partial charge in [-0.3, -0.25) is 10.1 Å². The molecule has 6 heteroatoms. The van der Waals surface area contributed by atoms with Crippen LogP contribution in [0.2, 0.25) is 18.1 Å². The van der Waals surface area contributed by atoms with Gasteiger partial charge in [0.1, 0.15) is 5.69 Å². The summed E-state index contributed by atoms with van der Waals surface area (Å²) in [5, 5.41) is 8.88. The maximum absolute atomic E-state index is 6.30. The van der Waals surface area contributed by atoms with Gasteiger partial charge in [-0.15, -0.1) is 0 Å². The highest BCUT2D eigenvalue weighted by atomic mass is 79.9. The van der Waals surface area contributed by atoms with Gasteiger partial charge in [-0.05, 0) is 48.5 Å². The van der Waals surface area contributed by atoms with Crippen molar-refractivity contribution in [3.63, 3.8) is 0 Å². The number of halogens is 1. The fourth-order valence-corrected chi connectivity index (χ4v) is 3.69. The SMILES string of the molecule is CC(C)(C)[Si](C)(C)OCc1cc(-c2n[nH]c3cc(Br)ccc23)ccn1. The van der Waals surface area contributed by atoms with E-state index in [0.29, 0.717) is 6.61 Å². The second-order valence-electron chi connectivity index (χ2n) is 7.85. The van der Waals surface area contributed by atoms with E-state index in [2.05, 4.69) is 77.1 Å². The molecule has 0 bridgehead atoms. The summed E-state index contributed by atoms with van der Waals surface area (Å²) in [6, 6.07) is 10.2. The number of rotatable bonds is 4. The number of pyridine rings is 1. The van der Waals surface area contributed by atoms with Gasteiger partial charge in [0, 0.05) is 21.6 Å². The van der Waals surface area contributed by atoms with Gasteiger partial charge in [0.2, 0.25) is 0 Å². The molecule has 0 radical (unpaired) electrons. The Kier molecular flexibility index (Phi) is 4.88. The largest absolute Gasteiger partial charge is 0.411 e. The van der Waals surface area contributed by atoms with E-state index in [0.717, 1.165) is 32.3 Å². The number of aromatic amines is 1. The van der Waals surface area contributed by atoms with Crippen molar-refractivity contribution >= 4 is 35.2 Å². The summed E-state index contributed by atoms with van der Waals surface area (Å²) in [5.74, 6) is 0. The molecule has 0 atom stereocenters. The highest BCUT2D eigenvalue weighted by Gasteiger charge is 2.37. The molecule has 4 nitrogen and oxygen atoms in total. The molecule has 0 amide bonds. The minimum absolute atomic E-state index is 0.191. The Labute approximate surface area is 158 Å². The van der Waals surface area contributed by atoms with Gasteiger partial charge in [0.15, 0.2) is 8.32 Å². The second kappa shape index (κ2) is 6.66. The molecule has 132 valence electrons. The van der Waals surface area contributed by atoms with Crippen molar-refractivity contribution < 1.29 is 4.43 Å². The van der Waals surface area contributed by atoms with E-state index in [1.54, 1.807) is 0 Å². The van der Waals surface area contributed by atoms with Crippen LogP contribution in [0.5, 0.6) is 0 Å². The molecule has 0 saturated carbocycles. The Hall–Kier alpha value is -1.50. The average Bonchev–Trinajstić information content (AvgIpc) is 2.95. The van der Waals surface area contributed by atoms with Crippen molar-refractivity contribution in [1.29, 1.82) is 0 Å². The van der Waals surface area contributed by atoms with Crippen molar-refractivity contribution in [1.82, 2.24) is 15.2 Å². The number of aromatic nitrogens is 3. The van der Waals surface area contributed by atoms with E-state index in [1.165, 1.54) is 0 Å². The molecule has 2 heterocycles. The minimum atomic E-state index is -1.79. The van der Waals surface area contributed by atoms with Crippen LogP contribution in [0, 0.1) is 0 Å². The molecule has 0 fully saturated rings. The first-order chi connectivity index (χ1) is 11.7. The summed E-state index contributed by atoms with van der Waals surface area (Å²) in [6.45, 7) is 11.8. The fourth-order valence-electron chi connectivity index (χ4n) is 2.39. The number of benzene rings is 1. The first-order valence-electron chi connectivity index (χ1n) is 8.40.